The van der Waals surface area contributed by atoms with E-state index in [1.54, 1.807) is 21.0 Å². The number of cyclic esters (lactones) is 1. The smallest absolute Gasteiger partial charge is 0.408 e. The molecule has 0 aromatic rings. The highest BCUT2D eigenvalue weighted by Crippen LogP contribution is 2.37. The third-order valence-corrected chi connectivity index (χ3v) is 10.3. The number of rotatable bonds is 7. The van der Waals surface area contributed by atoms with Crippen LogP contribution in [0.1, 0.15) is 67.7 Å². The molecule has 46 heavy (non-hydrogen) atoms. The molecule has 0 aromatic heterocycles. The molecular weight excluding hydrogens is 596 g/mol. The number of hydrogen-bond acceptors (Lipinski definition) is 12. The summed E-state index contributed by atoms with van der Waals surface area (Å²) in [5.74, 6) is -3.05. The maximum atomic E-state index is 14.1. The molecule has 0 spiro atoms. The number of ketones is 1. The fraction of sp³-hybridized carbons (Fsp3) is 0.909. The van der Waals surface area contributed by atoms with Crippen LogP contribution in [0.4, 0.5) is 4.79 Å². The number of alkyl carbamates (subject to hydrolysis) is 1. The third kappa shape index (κ3) is 8.40. The van der Waals surface area contributed by atoms with Gasteiger partial charge in [-0.05, 0) is 87.6 Å². The number of ether oxygens (including phenoxy) is 5. The average Bonchev–Trinajstić information content (AvgIpc) is 3.30. The van der Waals surface area contributed by atoms with Crippen LogP contribution in [0.3, 0.4) is 0 Å². The number of hydrogen-bond donors (Lipinski definition) is 3. The van der Waals surface area contributed by atoms with E-state index in [1.807, 2.05) is 58.8 Å². The Balaban J connectivity index is 2.03. The summed E-state index contributed by atoms with van der Waals surface area (Å²) in [4.78, 5) is 44.2. The molecule has 3 saturated heterocycles. The minimum absolute atomic E-state index is 0.0284. The van der Waals surface area contributed by atoms with Crippen LogP contribution in [0.2, 0.25) is 0 Å². The van der Waals surface area contributed by atoms with E-state index in [1.165, 1.54) is 6.92 Å². The van der Waals surface area contributed by atoms with E-state index >= 15 is 0 Å². The fourth-order valence-electron chi connectivity index (χ4n) is 7.55. The molecule has 3 rings (SSSR count). The van der Waals surface area contributed by atoms with E-state index in [0.717, 1.165) is 0 Å². The highest BCUT2D eigenvalue weighted by molar-refractivity contribution is 6.00. The van der Waals surface area contributed by atoms with Crippen molar-refractivity contribution >= 4 is 17.8 Å². The van der Waals surface area contributed by atoms with Crippen LogP contribution >= 0.6 is 0 Å². The zero-order valence-electron chi connectivity index (χ0n) is 30.0. The number of fused-ring (bicyclic) bond motifs is 1. The maximum absolute atomic E-state index is 14.1. The minimum atomic E-state index is -1.15. The molecule has 3 N–H and O–H groups in total. The molecule has 3 heterocycles. The second-order valence-corrected chi connectivity index (χ2v) is 14.7. The van der Waals surface area contributed by atoms with Gasteiger partial charge in [-0.15, -0.1) is 0 Å². The zero-order chi connectivity index (χ0) is 34.7. The number of aliphatic hydroxyl groups is 1. The summed E-state index contributed by atoms with van der Waals surface area (Å²) < 4.78 is 30.9. The van der Waals surface area contributed by atoms with Gasteiger partial charge in [-0.25, -0.2) is 4.79 Å². The number of nitrogens with zero attached hydrogens (tertiary/aromatic N) is 2. The number of carbonyl (C=O) groups excluding carboxylic acids is 3. The monoisotopic (exact) mass is 656 g/mol. The Labute approximate surface area is 275 Å². The number of amides is 1. The molecule has 3 aliphatic heterocycles. The predicted octanol–water partition coefficient (Wildman–Crippen LogP) is 1.79. The van der Waals surface area contributed by atoms with Gasteiger partial charge in [0, 0.05) is 31.7 Å². The largest absolute Gasteiger partial charge is 0.458 e. The van der Waals surface area contributed by atoms with Crippen LogP contribution in [0.25, 0.3) is 0 Å². The summed E-state index contributed by atoms with van der Waals surface area (Å²) >= 11 is 0. The van der Waals surface area contributed by atoms with Gasteiger partial charge >= 0.3 is 12.1 Å². The number of esters is 1. The summed E-state index contributed by atoms with van der Waals surface area (Å²) in [7, 11) is 9.34. The molecule has 0 bridgehead atoms. The normalized spacial score (nSPS) is 43.4. The lowest BCUT2D eigenvalue weighted by Gasteiger charge is -2.47. The number of aliphatic hydroxyl groups excluding tert-OH is 1. The molecule has 0 aromatic carbocycles. The molecule has 13 heteroatoms. The van der Waals surface area contributed by atoms with Crippen molar-refractivity contribution in [3.8, 4) is 0 Å². The van der Waals surface area contributed by atoms with Crippen LogP contribution in [0.15, 0.2) is 0 Å². The molecule has 13 atom stereocenters. The van der Waals surface area contributed by atoms with E-state index in [0.29, 0.717) is 32.4 Å². The molecule has 3 aliphatic rings. The fourth-order valence-corrected chi connectivity index (χ4v) is 7.55. The Hall–Kier alpha value is -1.87. The van der Waals surface area contributed by atoms with Gasteiger partial charge in [0.05, 0.1) is 23.9 Å². The first-order chi connectivity index (χ1) is 21.4. The minimum Gasteiger partial charge on any atom is -0.458 e. The number of Topliss-reactive ketones (excluding diaryl/α,β-unsaturated/α-hetero) is 1. The highest BCUT2D eigenvalue weighted by atomic mass is 16.7. The Morgan fingerprint density at radius 1 is 1.07 bits per heavy atom. The second-order valence-electron chi connectivity index (χ2n) is 14.7. The first kappa shape index (κ1) is 38.6. The van der Waals surface area contributed by atoms with E-state index in [9.17, 15) is 19.5 Å². The highest BCUT2D eigenvalue weighted by Gasteiger charge is 2.55. The average molecular weight is 657 g/mol. The van der Waals surface area contributed by atoms with Gasteiger partial charge in [-0.1, -0.05) is 20.8 Å². The van der Waals surface area contributed by atoms with Crippen molar-refractivity contribution in [2.75, 3.05) is 48.4 Å². The Morgan fingerprint density at radius 2 is 1.72 bits per heavy atom. The molecule has 266 valence electrons. The lowest BCUT2D eigenvalue weighted by atomic mass is 9.78. The molecule has 0 saturated carbocycles. The molecular formula is C33H60N4O9. The van der Waals surface area contributed by atoms with Gasteiger partial charge in [0.25, 0.3) is 0 Å². The summed E-state index contributed by atoms with van der Waals surface area (Å²) in [6.07, 6.45) is -3.03. The van der Waals surface area contributed by atoms with Crippen molar-refractivity contribution in [2.24, 2.45) is 17.8 Å². The first-order valence-electron chi connectivity index (χ1n) is 16.7. The topological polar surface area (TPSA) is 148 Å². The van der Waals surface area contributed by atoms with Gasteiger partial charge < -0.3 is 49.2 Å². The van der Waals surface area contributed by atoms with Crippen LogP contribution in [0, 0.1) is 17.8 Å². The molecule has 3 fully saturated rings. The Bertz CT molecular complexity index is 1060. The SMILES string of the molecule is CC[C@@H]1OC(=O)[C@H](C)C(=O)[C@H](C)[C@@H](O[C@@H]2O[C@H](CN(C)C)CC(N(C)C)C2O)[C@](C)(OC)C[C@@H](C)CN[C@H](C)[C@H]2NC(=O)O[C@]12C. The summed E-state index contributed by atoms with van der Waals surface area (Å²) in [5.41, 5.74) is -2.17. The van der Waals surface area contributed by atoms with Crippen LogP contribution in [0.5, 0.6) is 0 Å². The standard InChI is InChI=1S/C33H60N4O9/c1-13-24-33(7)27(35-31(41)46-33)21(5)34-16-18(2)15-32(6,42-12)28(19(3)25(38)20(4)29(40)44-24)45-30-26(39)23(37(10)11)14-22(43-30)17-36(8)9/h18-24,26-28,30,34,39H,13-17H2,1-12H3,(H,35,41)/t18-,19+,20-,21-,22+,23?,24+,26?,27-,28-,30+,32-,33-/m1/s1. The lowest BCUT2D eigenvalue weighted by Crippen LogP contribution is -2.60. The number of nitrogens with one attached hydrogen (secondary N) is 2. The van der Waals surface area contributed by atoms with Crippen LogP contribution < -0.4 is 10.6 Å². The maximum Gasteiger partial charge on any atom is 0.408 e. The summed E-state index contributed by atoms with van der Waals surface area (Å²) in [6, 6.07) is -0.966. The molecule has 1 amide bonds. The van der Waals surface area contributed by atoms with Gasteiger partial charge in [0.1, 0.15) is 18.1 Å². The number of methoxy groups -OCH3 is 1. The van der Waals surface area contributed by atoms with Gasteiger partial charge in [-0.3, -0.25) is 9.59 Å². The van der Waals surface area contributed by atoms with Crippen molar-refractivity contribution in [1.82, 2.24) is 20.4 Å². The van der Waals surface area contributed by atoms with Crippen molar-refractivity contribution in [1.29, 1.82) is 0 Å². The predicted molar refractivity (Wildman–Crippen MR) is 172 cm³/mol. The van der Waals surface area contributed by atoms with Gasteiger partial charge in [0.15, 0.2) is 17.7 Å². The number of likely N-dealkylation sites (N-methyl/N-ethyl adjacent to an activating group) is 2. The van der Waals surface area contributed by atoms with Gasteiger partial charge in [0.2, 0.25) is 0 Å². The van der Waals surface area contributed by atoms with Crippen molar-refractivity contribution in [3.63, 3.8) is 0 Å². The molecule has 13 nitrogen and oxygen atoms in total. The van der Waals surface area contributed by atoms with E-state index < -0.39 is 65.7 Å². The lowest BCUT2D eigenvalue weighted by molar-refractivity contribution is -0.298. The quantitative estimate of drug-likeness (QED) is 0.271. The zero-order valence-corrected chi connectivity index (χ0v) is 30.0. The Morgan fingerprint density at radius 3 is 2.28 bits per heavy atom. The van der Waals surface area contributed by atoms with Crippen molar-refractivity contribution in [2.45, 2.75) is 128 Å². The van der Waals surface area contributed by atoms with Gasteiger partial charge in [-0.2, -0.15) is 0 Å². The third-order valence-electron chi connectivity index (χ3n) is 10.3. The van der Waals surface area contributed by atoms with E-state index in [2.05, 4.69) is 17.6 Å². The number of carbonyl (C=O) groups is 3. The summed E-state index contributed by atoms with van der Waals surface area (Å²) in [6.45, 7) is 14.0. The van der Waals surface area contributed by atoms with E-state index in [-0.39, 0.29) is 29.9 Å². The summed E-state index contributed by atoms with van der Waals surface area (Å²) in [5, 5.41) is 17.9. The Kier molecular flexibility index (Phi) is 13.1. The first-order valence-corrected chi connectivity index (χ1v) is 16.7. The second kappa shape index (κ2) is 15.6. The van der Waals surface area contributed by atoms with Crippen LogP contribution in [-0.2, 0) is 33.3 Å². The van der Waals surface area contributed by atoms with Crippen molar-refractivity contribution in [3.05, 3.63) is 0 Å². The molecule has 2 unspecified atom stereocenters. The van der Waals surface area contributed by atoms with E-state index in [4.69, 9.17) is 23.7 Å². The molecule has 0 radical (unpaired) electrons. The molecule has 0 aliphatic carbocycles. The van der Waals surface area contributed by atoms with Crippen LogP contribution in [-0.4, -0.2) is 141 Å². The van der Waals surface area contributed by atoms with Crippen molar-refractivity contribution < 1.29 is 43.2 Å².